The van der Waals surface area contributed by atoms with E-state index in [1.165, 1.54) is 53.2 Å². The largest absolute Gasteiger partial charge is 0.494 e. The first-order chi connectivity index (χ1) is 34.3. The highest BCUT2D eigenvalue weighted by atomic mass is 35.5. The van der Waals surface area contributed by atoms with Crippen LogP contribution in [0.5, 0.6) is 23.0 Å². The zero-order chi connectivity index (χ0) is 52.1. The fourth-order valence-electron chi connectivity index (χ4n) is 8.29. The maximum atomic E-state index is 13.6. The van der Waals surface area contributed by atoms with Crippen LogP contribution >= 0.6 is 23.2 Å². The number of rotatable bonds is 18. The van der Waals surface area contributed by atoms with Gasteiger partial charge in [-0.25, -0.2) is 36.8 Å². The molecule has 0 radical (unpaired) electrons. The van der Waals surface area contributed by atoms with Gasteiger partial charge in [0.1, 0.15) is 57.5 Å². The predicted octanol–water partition coefficient (Wildman–Crippen LogP) is 5.57. The molecule has 2 aliphatic heterocycles. The first-order valence-electron chi connectivity index (χ1n) is 22.6. The summed E-state index contributed by atoms with van der Waals surface area (Å²) in [7, 11) is -1.51. The highest BCUT2D eigenvalue weighted by Crippen LogP contribution is 2.39. The second-order valence-corrected chi connectivity index (χ2v) is 22.7. The van der Waals surface area contributed by atoms with E-state index in [1.807, 2.05) is 0 Å². The van der Waals surface area contributed by atoms with Crippen molar-refractivity contribution in [2.45, 2.75) is 99.3 Å². The Balaban J connectivity index is 0.000000211. The molecule has 2 fully saturated rings. The SMILES string of the molecule is COc1cccc(OC)c1-n1c(CS(=O)(=O)[C@@H](C)[C@H](C)c2ncc(Cl)cn2)nnc1[C@@H]1CCC(=O)N1.COc1cccc(OC)c1-n1c(CS(=O)(=O)[C@@H](C)[C@H](C)c2ncc(Cl)cn2)nnc1[C@H]1CCC(=O)N1. The standard InChI is InChI=1S/2C23H27ClN6O5S/c2*1-13(22-25-10-15(24)11-26-22)14(2)36(32,33)12-19-28-29-23(16-8-9-20(31)27-16)30(19)21-17(34-3)6-5-7-18(21)35-4/h2*5-7,10-11,13-14,16H,8-9,12H2,1-4H3,(H,27,31)/t13-,14-,16+;13-,14-,16-/m00/s1. The van der Waals surface area contributed by atoms with E-state index in [0.717, 1.165) is 0 Å². The molecular formula is C46H54Cl2N12O10S2. The van der Waals surface area contributed by atoms with Gasteiger partial charge in [0.15, 0.2) is 43.0 Å². The van der Waals surface area contributed by atoms with E-state index in [0.29, 0.717) is 93.4 Å². The molecule has 6 atom stereocenters. The van der Waals surface area contributed by atoms with Crippen LogP contribution < -0.4 is 29.6 Å². The number of benzene rings is 2. The second-order valence-electron chi connectivity index (χ2n) is 17.1. The van der Waals surface area contributed by atoms with E-state index in [9.17, 15) is 26.4 Å². The summed E-state index contributed by atoms with van der Waals surface area (Å²) in [5, 5.41) is 21.9. The second kappa shape index (κ2) is 22.5. The van der Waals surface area contributed by atoms with Crippen LogP contribution in [0, 0.1) is 0 Å². The summed E-state index contributed by atoms with van der Waals surface area (Å²) in [4.78, 5) is 40.6. The zero-order valence-electron chi connectivity index (χ0n) is 40.6. The van der Waals surface area contributed by atoms with Crippen LogP contribution in [0.25, 0.3) is 11.4 Å². The van der Waals surface area contributed by atoms with E-state index >= 15 is 0 Å². The number of hydrogen-bond donors (Lipinski definition) is 2. The molecule has 0 saturated carbocycles. The lowest BCUT2D eigenvalue weighted by atomic mass is 10.1. The van der Waals surface area contributed by atoms with Crippen LogP contribution in [0.3, 0.4) is 0 Å². The molecule has 4 aromatic heterocycles. The maximum absolute atomic E-state index is 13.6. The summed E-state index contributed by atoms with van der Waals surface area (Å²) in [6, 6.07) is 9.57. The van der Waals surface area contributed by atoms with Gasteiger partial charge in [0.25, 0.3) is 0 Å². The van der Waals surface area contributed by atoms with E-state index in [-0.39, 0.29) is 23.5 Å². The topological polar surface area (TPSA) is 276 Å². The van der Waals surface area contributed by atoms with E-state index in [4.69, 9.17) is 42.1 Å². The van der Waals surface area contributed by atoms with Crippen molar-refractivity contribution in [2.75, 3.05) is 28.4 Å². The Morgan fingerprint density at radius 3 is 1.17 bits per heavy atom. The quantitative estimate of drug-likeness (QED) is 0.106. The van der Waals surface area contributed by atoms with Gasteiger partial charge in [-0.2, -0.15) is 0 Å². The number of para-hydroxylation sites is 2. The normalized spacial score (nSPS) is 17.5. The number of methoxy groups -OCH3 is 4. The van der Waals surface area contributed by atoms with Crippen LogP contribution in [0.1, 0.15) is 112 Å². The molecule has 6 heterocycles. The number of halogens is 2. The van der Waals surface area contributed by atoms with E-state index in [2.05, 4.69) is 51.0 Å². The Bertz CT molecular complexity index is 2890. The van der Waals surface area contributed by atoms with Crippen molar-refractivity contribution in [1.29, 1.82) is 0 Å². The number of sulfone groups is 2. The molecule has 0 unspecified atom stereocenters. The van der Waals surface area contributed by atoms with Gasteiger partial charge in [0.2, 0.25) is 11.8 Å². The van der Waals surface area contributed by atoms with Gasteiger partial charge in [0, 0.05) is 49.5 Å². The minimum absolute atomic E-state index is 0.110. The lowest BCUT2D eigenvalue weighted by molar-refractivity contribution is -0.120. The third-order valence-electron chi connectivity index (χ3n) is 12.7. The van der Waals surface area contributed by atoms with Crippen molar-refractivity contribution in [3.63, 3.8) is 0 Å². The molecule has 72 heavy (non-hydrogen) atoms. The first kappa shape index (κ1) is 53.3. The van der Waals surface area contributed by atoms with Crippen molar-refractivity contribution in [1.82, 2.24) is 60.1 Å². The third-order valence-corrected chi connectivity index (χ3v) is 17.5. The van der Waals surface area contributed by atoms with Crippen molar-refractivity contribution < 1.29 is 45.4 Å². The van der Waals surface area contributed by atoms with Crippen LogP contribution in [0.2, 0.25) is 10.0 Å². The molecule has 384 valence electrons. The Hall–Kier alpha value is -6.50. The molecule has 0 bridgehead atoms. The summed E-state index contributed by atoms with van der Waals surface area (Å²) in [5.41, 5.74) is 0.908. The summed E-state index contributed by atoms with van der Waals surface area (Å²) >= 11 is 11.8. The van der Waals surface area contributed by atoms with Crippen molar-refractivity contribution in [3.8, 4) is 34.4 Å². The lowest BCUT2D eigenvalue weighted by Gasteiger charge is -2.21. The smallest absolute Gasteiger partial charge is 0.220 e. The van der Waals surface area contributed by atoms with Crippen molar-refractivity contribution in [2.24, 2.45) is 0 Å². The van der Waals surface area contributed by atoms with Crippen LogP contribution in [0.4, 0.5) is 0 Å². The molecule has 2 amide bonds. The monoisotopic (exact) mass is 1070 g/mol. The number of aromatic nitrogens is 10. The minimum Gasteiger partial charge on any atom is -0.494 e. The number of nitrogens with one attached hydrogen (secondary N) is 2. The van der Waals surface area contributed by atoms with Crippen LogP contribution in [-0.4, -0.2) is 117 Å². The molecule has 8 rings (SSSR count). The molecule has 6 aromatic rings. The molecule has 2 aliphatic rings. The molecule has 26 heteroatoms. The van der Waals surface area contributed by atoms with Crippen LogP contribution in [-0.2, 0) is 40.8 Å². The molecule has 22 nitrogen and oxygen atoms in total. The lowest BCUT2D eigenvalue weighted by Crippen LogP contribution is -2.28. The highest BCUT2D eigenvalue weighted by Gasteiger charge is 2.37. The van der Waals surface area contributed by atoms with Gasteiger partial charge in [-0.3, -0.25) is 18.7 Å². The molecule has 0 spiro atoms. The number of nitrogens with zero attached hydrogens (tertiary/aromatic N) is 10. The Labute approximate surface area is 426 Å². The summed E-state index contributed by atoms with van der Waals surface area (Å²) < 4.78 is 79.7. The number of hydrogen-bond acceptors (Lipinski definition) is 18. The molecule has 2 aromatic carbocycles. The average Bonchev–Trinajstić information content (AvgIpc) is 4.20. The molecular weight excluding hydrogens is 1020 g/mol. The Morgan fingerprint density at radius 2 is 0.889 bits per heavy atom. The third kappa shape index (κ3) is 11.4. The van der Waals surface area contributed by atoms with Gasteiger partial charge in [-0.1, -0.05) is 49.2 Å². The van der Waals surface area contributed by atoms with Crippen LogP contribution in [0.15, 0.2) is 61.2 Å². The fraction of sp³-hybridized carbons (Fsp3) is 0.435. The highest BCUT2D eigenvalue weighted by molar-refractivity contribution is 7.91. The van der Waals surface area contributed by atoms with Gasteiger partial charge in [0.05, 0.1) is 61.1 Å². The average molecular weight is 1070 g/mol. The minimum atomic E-state index is -3.77. The van der Waals surface area contributed by atoms with Gasteiger partial charge in [-0.05, 0) is 51.0 Å². The van der Waals surface area contributed by atoms with E-state index < -0.39 is 65.6 Å². The Morgan fingerprint density at radius 1 is 0.569 bits per heavy atom. The maximum Gasteiger partial charge on any atom is 0.220 e. The van der Waals surface area contributed by atoms with Crippen molar-refractivity contribution >= 4 is 54.7 Å². The molecule has 0 aliphatic carbocycles. The van der Waals surface area contributed by atoms with Crippen molar-refractivity contribution in [3.05, 3.63) is 106 Å². The number of ether oxygens (including phenoxy) is 4. The first-order valence-corrected chi connectivity index (χ1v) is 26.8. The number of carbonyl (C=O) groups is 2. The van der Waals surface area contributed by atoms with E-state index in [1.54, 1.807) is 73.2 Å². The summed E-state index contributed by atoms with van der Waals surface area (Å²) in [6.45, 7) is 6.72. The summed E-state index contributed by atoms with van der Waals surface area (Å²) in [6.07, 6.45) is 7.43. The zero-order valence-corrected chi connectivity index (χ0v) is 43.8. The predicted molar refractivity (Wildman–Crippen MR) is 264 cm³/mol. The molecule has 2 N–H and O–H groups in total. The van der Waals surface area contributed by atoms with Gasteiger partial charge >= 0.3 is 0 Å². The molecule has 2 saturated heterocycles. The van der Waals surface area contributed by atoms with Gasteiger partial charge < -0.3 is 29.6 Å². The fourth-order valence-corrected chi connectivity index (χ4v) is 11.6. The number of amides is 2. The summed E-state index contributed by atoms with van der Waals surface area (Å²) in [5.74, 6) is 1.59. The Kier molecular flexibility index (Phi) is 16.7. The van der Waals surface area contributed by atoms with Gasteiger partial charge in [-0.15, -0.1) is 20.4 Å². The number of carbonyl (C=O) groups excluding carboxylic acids is 2.